The van der Waals surface area contributed by atoms with Crippen molar-refractivity contribution in [3.05, 3.63) is 34.9 Å². The summed E-state index contributed by atoms with van der Waals surface area (Å²) in [4.78, 5) is 12.5. The van der Waals surface area contributed by atoms with Gasteiger partial charge in [0.15, 0.2) is 5.84 Å². The molecule has 4 N–H and O–H groups in total. The average molecular weight is 277 g/mol. The number of oxime groups is 1. The largest absolute Gasteiger partial charge is 0.409 e. The smallest absolute Gasteiger partial charge is 0.252 e. The summed E-state index contributed by atoms with van der Waals surface area (Å²) in [7, 11) is 0. The van der Waals surface area contributed by atoms with Crippen molar-refractivity contribution in [1.82, 2.24) is 5.32 Å². The SMILES string of the molecule is CCC(CC)(NC(=O)c1cc(C)ccc1C)/C(N)=N/O. The second-order valence-electron chi connectivity index (χ2n) is 5.05. The van der Waals surface area contributed by atoms with Crippen molar-refractivity contribution in [2.24, 2.45) is 10.9 Å². The molecular formula is C15H23N3O2. The molecule has 0 aliphatic carbocycles. The Morgan fingerprint density at radius 2 is 1.95 bits per heavy atom. The van der Waals surface area contributed by atoms with Crippen LogP contribution in [-0.4, -0.2) is 22.5 Å². The van der Waals surface area contributed by atoms with Crippen LogP contribution in [0.1, 0.15) is 48.2 Å². The number of nitrogens with one attached hydrogen (secondary N) is 1. The van der Waals surface area contributed by atoms with Crippen molar-refractivity contribution in [1.29, 1.82) is 0 Å². The van der Waals surface area contributed by atoms with Gasteiger partial charge in [0, 0.05) is 5.56 Å². The minimum Gasteiger partial charge on any atom is -0.409 e. The van der Waals surface area contributed by atoms with Gasteiger partial charge in [-0.2, -0.15) is 0 Å². The highest BCUT2D eigenvalue weighted by Gasteiger charge is 2.33. The molecule has 0 saturated heterocycles. The number of amidine groups is 1. The topological polar surface area (TPSA) is 87.7 Å². The lowest BCUT2D eigenvalue weighted by molar-refractivity contribution is 0.0917. The molecule has 1 aromatic carbocycles. The number of nitrogens with two attached hydrogens (primary N) is 1. The zero-order valence-electron chi connectivity index (χ0n) is 12.5. The van der Waals surface area contributed by atoms with E-state index in [9.17, 15) is 4.79 Å². The Bertz CT molecular complexity index is 520. The average Bonchev–Trinajstić information content (AvgIpc) is 2.46. The summed E-state index contributed by atoms with van der Waals surface area (Å²) >= 11 is 0. The van der Waals surface area contributed by atoms with Crippen LogP contribution in [-0.2, 0) is 0 Å². The number of carbonyl (C=O) groups excluding carboxylic acids is 1. The molecule has 0 aliphatic rings. The van der Waals surface area contributed by atoms with Crippen molar-refractivity contribution in [2.45, 2.75) is 46.1 Å². The maximum atomic E-state index is 12.5. The van der Waals surface area contributed by atoms with Crippen LogP contribution in [0, 0.1) is 13.8 Å². The quantitative estimate of drug-likeness (QED) is 0.334. The first kappa shape index (κ1) is 16.0. The van der Waals surface area contributed by atoms with E-state index in [0.29, 0.717) is 18.4 Å². The number of carbonyl (C=O) groups is 1. The van der Waals surface area contributed by atoms with E-state index in [1.807, 2.05) is 45.9 Å². The zero-order chi connectivity index (χ0) is 15.3. The molecule has 0 radical (unpaired) electrons. The summed E-state index contributed by atoms with van der Waals surface area (Å²) in [6.07, 6.45) is 1.10. The van der Waals surface area contributed by atoms with Gasteiger partial charge in [0.25, 0.3) is 5.91 Å². The molecule has 0 unspecified atom stereocenters. The number of nitrogens with zero attached hydrogens (tertiary/aromatic N) is 1. The van der Waals surface area contributed by atoms with E-state index in [1.54, 1.807) is 0 Å². The molecule has 0 saturated carbocycles. The van der Waals surface area contributed by atoms with Crippen molar-refractivity contribution in [3.8, 4) is 0 Å². The van der Waals surface area contributed by atoms with Gasteiger partial charge in [-0.3, -0.25) is 4.79 Å². The van der Waals surface area contributed by atoms with Crippen molar-refractivity contribution in [2.75, 3.05) is 0 Å². The van der Waals surface area contributed by atoms with E-state index in [1.165, 1.54) is 0 Å². The zero-order valence-corrected chi connectivity index (χ0v) is 12.5. The molecule has 20 heavy (non-hydrogen) atoms. The summed E-state index contributed by atoms with van der Waals surface area (Å²) in [5.74, 6) is -0.178. The Morgan fingerprint density at radius 1 is 1.35 bits per heavy atom. The van der Waals surface area contributed by atoms with Gasteiger partial charge in [0.2, 0.25) is 0 Å². The molecule has 0 atom stereocenters. The Kier molecular flexibility index (Phi) is 5.13. The number of hydrogen-bond acceptors (Lipinski definition) is 3. The molecule has 0 heterocycles. The lowest BCUT2D eigenvalue weighted by atomic mass is 9.90. The predicted octanol–water partition coefficient (Wildman–Crippen LogP) is 2.34. The maximum Gasteiger partial charge on any atom is 0.252 e. The summed E-state index contributed by atoms with van der Waals surface area (Å²) in [5.41, 5.74) is 7.46. The monoisotopic (exact) mass is 277 g/mol. The highest BCUT2D eigenvalue weighted by molar-refractivity contribution is 6.01. The van der Waals surface area contributed by atoms with E-state index in [-0.39, 0.29) is 11.7 Å². The van der Waals surface area contributed by atoms with Crippen molar-refractivity contribution < 1.29 is 10.0 Å². The first-order valence-corrected chi connectivity index (χ1v) is 6.78. The summed E-state index contributed by atoms with van der Waals surface area (Å²) in [5, 5.41) is 14.9. The maximum absolute atomic E-state index is 12.5. The van der Waals surface area contributed by atoms with Crippen LogP contribution in [0.2, 0.25) is 0 Å². The van der Waals surface area contributed by atoms with Gasteiger partial charge in [-0.05, 0) is 38.3 Å². The number of amides is 1. The van der Waals surface area contributed by atoms with Crippen molar-refractivity contribution >= 4 is 11.7 Å². The lowest BCUT2D eigenvalue weighted by Gasteiger charge is -2.31. The third-order valence-corrected chi connectivity index (χ3v) is 3.80. The number of hydrogen-bond donors (Lipinski definition) is 3. The summed E-state index contributed by atoms with van der Waals surface area (Å²) in [6.45, 7) is 7.61. The highest BCUT2D eigenvalue weighted by atomic mass is 16.4. The van der Waals surface area contributed by atoms with E-state index in [0.717, 1.165) is 11.1 Å². The summed E-state index contributed by atoms with van der Waals surface area (Å²) in [6, 6.07) is 5.71. The molecule has 0 aliphatic heterocycles. The molecule has 5 nitrogen and oxygen atoms in total. The van der Waals surface area contributed by atoms with Crippen molar-refractivity contribution in [3.63, 3.8) is 0 Å². The van der Waals surface area contributed by atoms with E-state index < -0.39 is 5.54 Å². The Morgan fingerprint density at radius 3 is 2.45 bits per heavy atom. The Hall–Kier alpha value is -2.04. The van der Waals surface area contributed by atoms with Crippen LogP contribution < -0.4 is 11.1 Å². The van der Waals surface area contributed by atoms with Crippen LogP contribution in [0.15, 0.2) is 23.4 Å². The fraction of sp³-hybridized carbons (Fsp3) is 0.467. The molecule has 1 aromatic rings. The molecule has 0 bridgehead atoms. The van der Waals surface area contributed by atoms with Gasteiger partial charge in [0.1, 0.15) is 5.54 Å². The van der Waals surface area contributed by atoms with Crippen LogP contribution in [0.3, 0.4) is 0 Å². The third-order valence-electron chi connectivity index (χ3n) is 3.80. The van der Waals surface area contributed by atoms with E-state index in [2.05, 4.69) is 10.5 Å². The van der Waals surface area contributed by atoms with Crippen LogP contribution in [0.5, 0.6) is 0 Å². The first-order chi connectivity index (χ1) is 9.40. The van der Waals surface area contributed by atoms with E-state index in [4.69, 9.17) is 10.9 Å². The minimum absolute atomic E-state index is 0.0288. The molecule has 5 heteroatoms. The van der Waals surface area contributed by atoms with Crippen LogP contribution in [0.25, 0.3) is 0 Å². The molecule has 0 aromatic heterocycles. The fourth-order valence-electron chi connectivity index (χ4n) is 2.21. The normalized spacial score (nSPS) is 12.3. The molecule has 1 amide bonds. The van der Waals surface area contributed by atoms with Gasteiger partial charge in [-0.15, -0.1) is 0 Å². The molecule has 1 rings (SSSR count). The second kappa shape index (κ2) is 6.41. The van der Waals surface area contributed by atoms with Crippen LogP contribution >= 0.6 is 0 Å². The van der Waals surface area contributed by atoms with Gasteiger partial charge in [-0.1, -0.05) is 36.7 Å². The van der Waals surface area contributed by atoms with E-state index >= 15 is 0 Å². The highest BCUT2D eigenvalue weighted by Crippen LogP contribution is 2.18. The Labute approximate surface area is 119 Å². The number of aryl methyl sites for hydroxylation is 2. The first-order valence-electron chi connectivity index (χ1n) is 6.78. The fourth-order valence-corrected chi connectivity index (χ4v) is 2.21. The Balaban J connectivity index is 3.12. The standard InChI is InChI=1S/C15H23N3O2/c1-5-15(6-2,14(16)18-20)17-13(19)12-9-10(3)7-8-11(12)4/h7-9,20H,5-6H2,1-4H3,(H2,16,18)(H,17,19). The van der Waals surface area contributed by atoms with Gasteiger partial charge in [-0.25, -0.2) is 0 Å². The summed E-state index contributed by atoms with van der Waals surface area (Å²) < 4.78 is 0. The second-order valence-corrected chi connectivity index (χ2v) is 5.05. The molecule has 0 fully saturated rings. The van der Waals surface area contributed by atoms with Gasteiger partial charge >= 0.3 is 0 Å². The van der Waals surface area contributed by atoms with Gasteiger partial charge < -0.3 is 16.3 Å². The third kappa shape index (κ3) is 3.10. The molecular weight excluding hydrogens is 254 g/mol. The number of rotatable bonds is 5. The molecule has 110 valence electrons. The lowest BCUT2D eigenvalue weighted by Crippen LogP contribution is -2.57. The predicted molar refractivity (Wildman–Crippen MR) is 80.1 cm³/mol. The number of benzene rings is 1. The van der Waals surface area contributed by atoms with Crippen LogP contribution in [0.4, 0.5) is 0 Å². The minimum atomic E-state index is -0.817. The van der Waals surface area contributed by atoms with Gasteiger partial charge in [0.05, 0.1) is 0 Å². The molecule has 0 spiro atoms.